The molecule has 1 aromatic heterocycles. The lowest BCUT2D eigenvalue weighted by Gasteiger charge is -2.19. The number of nitrogens with one attached hydrogen (secondary N) is 2. The first kappa shape index (κ1) is 17.2. The summed E-state index contributed by atoms with van der Waals surface area (Å²) in [4.78, 5) is 12.5. The van der Waals surface area contributed by atoms with Gasteiger partial charge in [-0.05, 0) is 25.0 Å². The normalized spacial score (nSPS) is 12.4. The van der Waals surface area contributed by atoms with Crippen molar-refractivity contribution in [3.63, 3.8) is 0 Å². The van der Waals surface area contributed by atoms with Gasteiger partial charge in [-0.15, -0.1) is 0 Å². The second-order valence-corrected chi connectivity index (χ2v) is 6.22. The van der Waals surface area contributed by atoms with Crippen LogP contribution >= 0.6 is 0 Å². The fraction of sp³-hybridized carbons (Fsp3) is 0.250. The number of aliphatic hydroxyl groups is 1. The Morgan fingerprint density at radius 1 is 1.16 bits per heavy atom. The van der Waals surface area contributed by atoms with E-state index >= 15 is 0 Å². The number of para-hydroxylation sites is 1. The van der Waals surface area contributed by atoms with Gasteiger partial charge in [-0.1, -0.05) is 48.5 Å². The quantitative estimate of drug-likeness (QED) is 0.620. The third-order valence-electron chi connectivity index (χ3n) is 4.25. The maximum Gasteiger partial charge on any atom is 0.227 e. The van der Waals surface area contributed by atoms with Crippen molar-refractivity contribution in [2.24, 2.45) is 0 Å². The average Bonchev–Trinajstić information content (AvgIpc) is 3.05. The number of benzene rings is 2. The van der Waals surface area contributed by atoms with Crippen molar-refractivity contribution in [2.45, 2.75) is 25.8 Å². The lowest BCUT2D eigenvalue weighted by atomic mass is 10.0. The van der Waals surface area contributed by atoms with Gasteiger partial charge in [-0.2, -0.15) is 5.10 Å². The first-order valence-electron chi connectivity index (χ1n) is 8.37. The molecular weight excluding hydrogens is 314 g/mol. The van der Waals surface area contributed by atoms with Crippen molar-refractivity contribution < 1.29 is 9.90 Å². The molecule has 5 nitrogen and oxygen atoms in total. The zero-order chi connectivity index (χ0) is 17.6. The molecule has 3 rings (SSSR count). The molecule has 5 heteroatoms. The predicted octanol–water partition coefficient (Wildman–Crippen LogP) is 2.42. The third kappa shape index (κ3) is 4.25. The Balaban J connectivity index is 1.61. The molecule has 0 spiro atoms. The van der Waals surface area contributed by atoms with Crippen LogP contribution in [0.15, 0.2) is 54.6 Å². The van der Waals surface area contributed by atoms with Crippen molar-refractivity contribution >= 4 is 16.8 Å². The van der Waals surface area contributed by atoms with Gasteiger partial charge in [0.2, 0.25) is 5.91 Å². The monoisotopic (exact) mass is 336 g/mol. The second kappa shape index (κ2) is 7.94. The smallest absolute Gasteiger partial charge is 0.227 e. The van der Waals surface area contributed by atoms with Crippen LogP contribution in [-0.2, 0) is 17.6 Å². The summed E-state index contributed by atoms with van der Waals surface area (Å²) in [7, 11) is 0. The Hall–Kier alpha value is -2.66. The van der Waals surface area contributed by atoms with E-state index in [9.17, 15) is 9.90 Å². The van der Waals surface area contributed by atoms with Crippen molar-refractivity contribution in [1.29, 1.82) is 0 Å². The van der Waals surface area contributed by atoms with E-state index in [1.165, 1.54) is 0 Å². The number of carbonyl (C=O) groups is 1. The molecule has 0 aliphatic heterocycles. The Labute approximate surface area is 147 Å². The minimum Gasteiger partial charge on any atom is -0.394 e. The van der Waals surface area contributed by atoms with E-state index in [2.05, 4.69) is 15.5 Å². The fourth-order valence-corrected chi connectivity index (χ4v) is 2.85. The molecule has 129 valence electrons. The Bertz CT molecular complexity index is 829. The molecule has 1 amide bonds. The number of hydrogen-bond acceptors (Lipinski definition) is 3. The average molecular weight is 336 g/mol. The summed E-state index contributed by atoms with van der Waals surface area (Å²) in [5.41, 5.74) is 2.90. The molecule has 3 aromatic rings. The van der Waals surface area contributed by atoms with E-state index in [4.69, 9.17) is 0 Å². The number of carbonyl (C=O) groups excluding carboxylic acids is 1. The van der Waals surface area contributed by atoms with Crippen LogP contribution in [0.1, 0.15) is 18.2 Å². The number of rotatable bonds is 7. The molecule has 0 aliphatic carbocycles. The van der Waals surface area contributed by atoms with Gasteiger partial charge in [0.25, 0.3) is 0 Å². The lowest BCUT2D eigenvalue weighted by molar-refractivity contribution is -0.120. The molecule has 1 heterocycles. The highest BCUT2D eigenvalue weighted by molar-refractivity contribution is 5.91. The number of hydrogen-bond donors (Lipinski definition) is 3. The molecule has 3 N–H and O–H groups in total. The summed E-state index contributed by atoms with van der Waals surface area (Å²) >= 11 is 0. The zero-order valence-corrected chi connectivity index (χ0v) is 14.2. The maximum absolute atomic E-state index is 12.5. The summed E-state index contributed by atoms with van der Waals surface area (Å²) in [5, 5.41) is 20.8. The number of amides is 1. The van der Waals surface area contributed by atoms with Crippen LogP contribution in [0.5, 0.6) is 0 Å². The van der Waals surface area contributed by atoms with Gasteiger partial charge in [0, 0.05) is 11.8 Å². The van der Waals surface area contributed by atoms with Crippen LogP contribution in [0, 0.1) is 5.92 Å². The Morgan fingerprint density at radius 3 is 2.64 bits per heavy atom. The van der Waals surface area contributed by atoms with Gasteiger partial charge in [0.05, 0.1) is 29.8 Å². The molecule has 25 heavy (non-hydrogen) atoms. The van der Waals surface area contributed by atoms with Gasteiger partial charge in [0.15, 0.2) is 0 Å². The highest BCUT2D eigenvalue weighted by Crippen LogP contribution is 2.19. The number of fused-ring (bicyclic) bond motifs is 1. The van der Waals surface area contributed by atoms with E-state index < -0.39 is 0 Å². The second-order valence-electron chi connectivity index (χ2n) is 6.22. The van der Waals surface area contributed by atoms with Gasteiger partial charge in [-0.3, -0.25) is 9.89 Å². The third-order valence-corrected chi connectivity index (χ3v) is 4.25. The van der Waals surface area contributed by atoms with E-state index in [1.807, 2.05) is 54.6 Å². The van der Waals surface area contributed by atoms with Gasteiger partial charge in [-0.25, -0.2) is 0 Å². The van der Waals surface area contributed by atoms with Crippen LogP contribution in [0.4, 0.5) is 0 Å². The standard InChI is InChI=1S/C20H22N3O2/c1-14(11-19-17-9-5-6-10-18(17)22-23-19)20(25)21-16(13-24)12-15-7-3-2-4-8-15/h2-10,16,24H,11-13H2,1H3,(H,21,25)(H,22,23). The lowest BCUT2D eigenvalue weighted by Crippen LogP contribution is -2.41. The number of nitrogens with zero attached hydrogens (tertiary/aromatic N) is 1. The molecule has 0 aliphatic rings. The van der Waals surface area contributed by atoms with Crippen LogP contribution in [0.25, 0.3) is 10.9 Å². The summed E-state index contributed by atoms with van der Waals surface area (Å²) in [6, 6.07) is 17.4. The summed E-state index contributed by atoms with van der Waals surface area (Å²) < 4.78 is 0. The van der Waals surface area contributed by atoms with E-state index in [0.717, 1.165) is 22.2 Å². The predicted molar refractivity (Wildman–Crippen MR) is 97.9 cm³/mol. The zero-order valence-electron chi connectivity index (χ0n) is 14.2. The molecule has 1 radical (unpaired) electrons. The summed E-state index contributed by atoms with van der Waals surface area (Å²) in [6.07, 6.45) is 1.07. The molecular formula is C20H22N3O2. The number of aromatic amines is 1. The molecule has 1 atom stereocenters. The topological polar surface area (TPSA) is 78.0 Å². The van der Waals surface area contributed by atoms with Gasteiger partial charge >= 0.3 is 0 Å². The Kier molecular flexibility index (Phi) is 5.46. The van der Waals surface area contributed by atoms with Crippen LogP contribution < -0.4 is 5.32 Å². The highest BCUT2D eigenvalue weighted by Gasteiger charge is 2.20. The highest BCUT2D eigenvalue weighted by atomic mass is 16.3. The minimum atomic E-state index is -0.305. The fourth-order valence-electron chi connectivity index (χ4n) is 2.85. The largest absolute Gasteiger partial charge is 0.394 e. The van der Waals surface area contributed by atoms with Crippen LogP contribution in [0.2, 0.25) is 0 Å². The van der Waals surface area contributed by atoms with Crippen LogP contribution in [0.3, 0.4) is 0 Å². The van der Waals surface area contributed by atoms with Crippen molar-refractivity contribution in [3.05, 3.63) is 71.8 Å². The van der Waals surface area contributed by atoms with Crippen molar-refractivity contribution in [1.82, 2.24) is 15.5 Å². The SMILES string of the molecule is C[C](Cc1n[nH]c2ccccc12)C(=O)NC(CO)Cc1ccccc1. The van der Waals surface area contributed by atoms with E-state index in [-0.39, 0.29) is 18.6 Å². The molecule has 0 bridgehead atoms. The summed E-state index contributed by atoms with van der Waals surface area (Å²) in [6.45, 7) is 1.70. The first-order chi connectivity index (χ1) is 12.2. The minimum absolute atomic E-state index is 0.0980. The van der Waals surface area contributed by atoms with Crippen molar-refractivity contribution in [3.8, 4) is 0 Å². The van der Waals surface area contributed by atoms with Crippen LogP contribution in [-0.4, -0.2) is 33.9 Å². The molecule has 2 aromatic carbocycles. The van der Waals surface area contributed by atoms with E-state index in [0.29, 0.717) is 18.8 Å². The number of H-pyrrole nitrogens is 1. The molecule has 0 saturated carbocycles. The van der Waals surface area contributed by atoms with Gasteiger partial charge < -0.3 is 10.4 Å². The Morgan fingerprint density at radius 2 is 1.88 bits per heavy atom. The van der Waals surface area contributed by atoms with E-state index in [1.54, 1.807) is 6.92 Å². The maximum atomic E-state index is 12.5. The number of aliphatic hydroxyl groups excluding tert-OH is 1. The molecule has 1 unspecified atom stereocenters. The molecule has 0 saturated heterocycles. The van der Waals surface area contributed by atoms with Crippen molar-refractivity contribution in [2.75, 3.05) is 6.61 Å². The summed E-state index contributed by atoms with van der Waals surface area (Å²) in [5.74, 6) is 0.519. The first-order valence-corrected chi connectivity index (χ1v) is 8.37. The van der Waals surface area contributed by atoms with Gasteiger partial charge in [0.1, 0.15) is 0 Å². The number of aromatic nitrogens is 2. The molecule has 0 fully saturated rings.